The molecule has 1 aliphatic carbocycles. The highest BCUT2D eigenvalue weighted by Crippen LogP contribution is 2.25. The molecule has 0 unspecified atom stereocenters. The number of nitrogens with one attached hydrogen (secondary N) is 2. The normalized spacial score (nSPS) is 17.9. The lowest BCUT2D eigenvalue weighted by atomic mass is 9.91. The van der Waals surface area contributed by atoms with Gasteiger partial charge in [0.2, 0.25) is 17.8 Å². The molecule has 13 heteroatoms. The van der Waals surface area contributed by atoms with Gasteiger partial charge in [-0.05, 0) is 64.3 Å². The zero-order valence-electron chi connectivity index (χ0n) is 22.2. The first kappa shape index (κ1) is 28.7. The fourth-order valence-electron chi connectivity index (χ4n) is 4.38. The zero-order chi connectivity index (χ0) is 27.8. The number of hydrogen-bond donors (Lipinski definition) is 2. The van der Waals surface area contributed by atoms with Gasteiger partial charge in [0, 0.05) is 43.1 Å². The maximum absolute atomic E-state index is 12.6. The van der Waals surface area contributed by atoms with Crippen LogP contribution < -0.4 is 14.8 Å². The standard InChI is InChI=1S/C26H33ClN8O3S/c1-35(2)21-10-8-20(9-11-21)32-25-29-14-18(15-30-25)6-4-5-7-19-16-31-26(33-24(19)38-3)34-39(36,37)23-17-28-13-12-22(23)27/h5,7,12-17,20-21H,4,6,8-11H2,1-3H3,(H,29,30,32)(H,31,33,34)/b7-5+/t20-,21-. The first-order valence-electron chi connectivity index (χ1n) is 12.7. The minimum Gasteiger partial charge on any atom is -0.480 e. The van der Waals surface area contributed by atoms with E-state index in [-0.39, 0.29) is 21.7 Å². The maximum Gasteiger partial charge on any atom is 0.267 e. The van der Waals surface area contributed by atoms with E-state index in [0.29, 0.717) is 23.6 Å². The molecule has 1 aliphatic rings. The summed E-state index contributed by atoms with van der Waals surface area (Å²) in [6.07, 6.45) is 17.7. The number of nitrogens with zero attached hydrogens (tertiary/aromatic N) is 6. The minimum absolute atomic E-state index is 0.0443. The van der Waals surface area contributed by atoms with Crippen molar-refractivity contribution in [3.63, 3.8) is 0 Å². The molecule has 0 saturated heterocycles. The third kappa shape index (κ3) is 7.84. The maximum atomic E-state index is 12.6. The number of aromatic nitrogens is 5. The second kappa shape index (κ2) is 13.1. The van der Waals surface area contributed by atoms with Crippen molar-refractivity contribution in [3.8, 4) is 5.88 Å². The molecule has 0 amide bonds. The van der Waals surface area contributed by atoms with Crippen LogP contribution in [0.2, 0.25) is 5.02 Å². The second-order valence-electron chi connectivity index (χ2n) is 9.54. The lowest BCUT2D eigenvalue weighted by molar-refractivity contribution is 0.221. The quantitative estimate of drug-likeness (QED) is 0.346. The molecule has 3 aromatic heterocycles. The monoisotopic (exact) mass is 572 g/mol. The van der Waals surface area contributed by atoms with Crippen molar-refractivity contribution < 1.29 is 13.2 Å². The highest BCUT2D eigenvalue weighted by molar-refractivity contribution is 7.92. The summed E-state index contributed by atoms with van der Waals surface area (Å²) in [5.41, 5.74) is 1.64. The molecule has 0 radical (unpaired) electrons. The van der Waals surface area contributed by atoms with Crippen molar-refractivity contribution >= 4 is 39.6 Å². The molecule has 3 heterocycles. The first-order valence-corrected chi connectivity index (χ1v) is 14.5. The van der Waals surface area contributed by atoms with Crippen molar-refractivity contribution in [1.29, 1.82) is 0 Å². The molecule has 0 bridgehead atoms. The lowest BCUT2D eigenvalue weighted by Gasteiger charge is -2.32. The summed E-state index contributed by atoms with van der Waals surface area (Å²) in [5.74, 6) is 0.765. The Morgan fingerprint density at radius 1 is 1.08 bits per heavy atom. The van der Waals surface area contributed by atoms with Crippen LogP contribution in [0.1, 0.15) is 43.2 Å². The lowest BCUT2D eigenvalue weighted by Crippen LogP contribution is -2.36. The number of methoxy groups -OCH3 is 1. The third-order valence-electron chi connectivity index (χ3n) is 6.59. The number of hydrogen-bond acceptors (Lipinski definition) is 10. The summed E-state index contributed by atoms with van der Waals surface area (Å²) in [4.78, 5) is 23.2. The highest BCUT2D eigenvalue weighted by atomic mass is 35.5. The Balaban J connectivity index is 1.29. The van der Waals surface area contributed by atoms with E-state index in [4.69, 9.17) is 16.3 Å². The Morgan fingerprint density at radius 3 is 2.46 bits per heavy atom. The molecule has 1 fully saturated rings. The van der Waals surface area contributed by atoms with E-state index in [1.54, 1.807) is 0 Å². The predicted molar refractivity (Wildman–Crippen MR) is 151 cm³/mol. The number of anilines is 2. The predicted octanol–water partition coefficient (Wildman–Crippen LogP) is 4.06. The van der Waals surface area contributed by atoms with Crippen LogP contribution in [0.3, 0.4) is 0 Å². The van der Waals surface area contributed by atoms with E-state index in [9.17, 15) is 8.42 Å². The Morgan fingerprint density at radius 2 is 1.79 bits per heavy atom. The average molecular weight is 573 g/mol. The first-order chi connectivity index (χ1) is 18.7. The molecule has 0 aromatic carbocycles. The van der Waals surface area contributed by atoms with Crippen LogP contribution in [0, 0.1) is 0 Å². The van der Waals surface area contributed by atoms with Gasteiger partial charge in [0.15, 0.2) is 0 Å². The molecule has 3 aromatic rings. The van der Waals surface area contributed by atoms with Gasteiger partial charge >= 0.3 is 0 Å². The zero-order valence-corrected chi connectivity index (χ0v) is 23.8. The molecule has 2 N–H and O–H groups in total. The van der Waals surface area contributed by atoms with Crippen LogP contribution in [-0.4, -0.2) is 71.5 Å². The third-order valence-corrected chi connectivity index (χ3v) is 8.38. The van der Waals surface area contributed by atoms with Crippen molar-refractivity contribution in [3.05, 3.63) is 59.3 Å². The Kier molecular flexibility index (Phi) is 9.65. The molecular formula is C26H33ClN8O3S. The number of ether oxygens (including phenoxy) is 1. The molecule has 4 rings (SSSR count). The van der Waals surface area contributed by atoms with Gasteiger partial charge in [0.05, 0.1) is 17.7 Å². The molecule has 0 atom stereocenters. The summed E-state index contributed by atoms with van der Waals surface area (Å²) >= 11 is 5.99. The van der Waals surface area contributed by atoms with Gasteiger partial charge in [-0.25, -0.2) is 28.1 Å². The van der Waals surface area contributed by atoms with Crippen molar-refractivity contribution in [2.24, 2.45) is 0 Å². The summed E-state index contributed by atoms with van der Waals surface area (Å²) in [7, 11) is 1.73. The fraction of sp³-hybridized carbons (Fsp3) is 0.423. The Bertz CT molecular complexity index is 1380. The fourth-order valence-corrected chi connectivity index (χ4v) is 5.76. The van der Waals surface area contributed by atoms with Crippen molar-refractivity contribution in [1.82, 2.24) is 29.8 Å². The Labute approximate surface area is 234 Å². The van der Waals surface area contributed by atoms with Crippen LogP contribution in [0.25, 0.3) is 6.08 Å². The number of halogens is 1. The van der Waals surface area contributed by atoms with Gasteiger partial charge in [0.25, 0.3) is 10.0 Å². The molecule has 208 valence electrons. The van der Waals surface area contributed by atoms with Gasteiger partial charge in [-0.15, -0.1) is 0 Å². The van der Waals surface area contributed by atoms with Crippen LogP contribution in [0.4, 0.5) is 11.9 Å². The Hall–Kier alpha value is -3.35. The smallest absolute Gasteiger partial charge is 0.267 e. The van der Waals surface area contributed by atoms with Crippen LogP contribution in [0.5, 0.6) is 5.88 Å². The molecule has 39 heavy (non-hydrogen) atoms. The van der Waals surface area contributed by atoms with E-state index < -0.39 is 10.0 Å². The van der Waals surface area contributed by atoms with Crippen LogP contribution in [0.15, 0.2) is 48.0 Å². The van der Waals surface area contributed by atoms with Gasteiger partial charge in [-0.3, -0.25) is 4.98 Å². The summed E-state index contributed by atoms with van der Waals surface area (Å²) < 4.78 is 32.9. The van der Waals surface area contributed by atoms with Crippen LogP contribution >= 0.6 is 11.6 Å². The average Bonchev–Trinajstić information content (AvgIpc) is 2.92. The number of allylic oxidation sites excluding steroid dienone is 1. The van der Waals surface area contributed by atoms with Crippen molar-refractivity contribution in [2.75, 3.05) is 31.2 Å². The van der Waals surface area contributed by atoms with Crippen molar-refractivity contribution in [2.45, 2.75) is 55.5 Å². The van der Waals surface area contributed by atoms with Gasteiger partial charge in [-0.1, -0.05) is 23.8 Å². The number of sulfonamides is 1. The van der Waals surface area contributed by atoms with E-state index in [1.807, 2.05) is 24.5 Å². The molecule has 0 aliphatic heterocycles. The largest absolute Gasteiger partial charge is 0.480 e. The van der Waals surface area contributed by atoms with Gasteiger partial charge < -0.3 is 15.0 Å². The second-order valence-corrected chi connectivity index (χ2v) is 11.6. The minimum atomic E-state index is -4.01. The summed E-state index contributed by atoms with van der Waals surface area (Å²) in [5, 5.41) is 3.51. The summed E-state index contributed by atoms with van der Waals surface area (Å²) in [6.45, 7) is 0. The summed E-state index contributed by atoms with van der Waals surface area (Å²) in [6, 6.07) is 2.47. The van der Waals surface area contributed by atoms with E-state index in [1.165, 1.54) is 38.4 Å². The van der Waals surface area contributed by atoms with E-state index in [2.05, 4.69) is 54.0 Å². The number of rotatable bonds is 11. The van der Waals surface area contributed by atoms with E-state index in [0.717, 1.165) is 37.4 Å². The van der Waals surface area contributed by atoms with Crippen LogP contribution in [-0.2, 0) is 16.4 Å². The number of pyridine rings is 1. The molecule has 0 spiro atoms. The topological polar surface area (TPSA) is 135 Å². The SMILES string of the molecule is COc1nc(NS(=O)(=O)c2cnccc2Cl)ncc1/C=C/CCc1cnc(N[C@H]2CC[C@H](N(C)C)CC2)nc1. The molecule has 11 nitrogen and oxygen atoms in total. The van der Waals surface area contributed by atoms with Gasteiger partial charge in [-0.2, -0.15) is 4.98 Å². The van der Waals surface area contributed by atoms with Gasteiger partial charge in [0.1, 0.15) is 4.90 Å². The molecular weight excluding hydrogens is 540 g/mol. The highest BCUT2D eigenvalue weighted by Gasteiger charge is 2.23. The van der Waals surface area contributed by atoms with E-state index >= 15 is 0 Å². The number of aryl methyl sites for hydroxylation is 1. The molecule has 1 saturated carbocycles.